The summed E-state index contributed by atoms with van der Waals surface area (Å²) in [6.45, 7) is 2.08. The summed E-state index contributed by atoms with van der Waals surface area (Å²) in [6.07, 6.45) is 0. The second-order valence-electron chi connectivity index (χ2n) is 5.02. The quantitative estimate of drug-likeness (QED) is 0.477. The second-order valence-corrected chi connectivity index (χ2v) is 5.87. The molecule has 0 aliphatic rings. The van der Waals surface area contributed by atoms with Gasteiger partial charge >= 0.3 is 0 Å². The number of non-ortho nitro benzene ring substituents is 1. The van der Waals surface area contributed by atoms with Gasteiger partial charge in [0.15, 0.2) is 6.61 Å². The van der Waals surface area contributed by atoms with Crippen molar-refractivity contribution in [1.29, 1.82) is 0 Å². The van der Waals surface area contributed by atoms with E-state index in [1.807, 2.05) is 25.1 Å². The van der Waals surface area contributed by atoms with E-state index in [2.05, 4.69) is 26.1 Å². The van der Waals surface area contributed by atoms with E-state index in [1.54, 1.807) is 12.1 Å². The molecule has 0 saturated heterocycles. The van der Waals surface area contributed by atoms with Crippen LogP contribution in [0.2, 0.25) is 0 Å². The van der Waals surface area contributed by atoms with Crippen molar-refractivity contribution in [3.63, 3.8) is 0 Å². The molecule has 24 heavy (non-hydrogen) atoms. The molecule has 0 amide bonds. The van der Waals surface area contributed by atoms with Crippen LogP contribution in [0.5, 0.6) is 5.75 Å². The summed E-state index contributed by atoms with van der Waals surface area (Å²) in [4.78, 5) is 14.6. The minimum absolute atomic E-state index is 0.0274. The molecule has 3 aromatic rings. The fourth-order valence-electron chi connectivity index (χ4n) is 2.04. The smallest absolute Gasteiger partial charge is 0.270 e. The van der Waals surface area contributed by atoms with Crippen LogP contribution in [0.4, 0.5) is 5.69 Å². The maximum Gasteiger partial charge on any atom is 0.270 e. The molecule has 0 aliphatic heterocycles. The highest BCUT2D eigenvalue weighted by Crippen LogP contribution is 2.23. The zero-order chi connectivity index (χ0) is 17.1. The van der Waals surface area contributed by atoms with Crippen molar-refractivity contribution < 1.29 is 14.2 Å². The van der Waals surface area contributed by atoms with Crippen LogP contribution in [0.25, 0.3) is 11.4 Å². The Kier molecular flexibility index (Phi) is 4.57. The zero-order valence-electron chi connectivity index (χ0n) is 12.6. The van der Waals surface area contributed by atoms with E-state index in [-0.39, 0.29) is 24.0 Å². The molecule has 0 spiro atoms. The maximum atomic E-state index is 10.8. The molecule has 0 bridgehead atoms. The lowest BCUT2D eigenvalue weighted by Gasteiger charge is -2.05. The highest BCUT2D eigenvalue weighted by molar-refractivity contribution is 9.10. The summed E-state index contributed by atoms with van der Waals surface area (Å²) in [5, 5.41) is 14.7. The standard InChI is InChI=1S/C16H12BrN3O4/c1-10-7-13(5-6-14(10)17)23-9-15-18-16(19-24-15)11-3-2-4-12(8-11)20(21)22/h2-8H,9H2,1H3. The van der Waals surface area contributed by atoms with E-state index >= 15 is 0 Å². The van der Waals surface area contributed by atoms with Gasteiger partial charge in [0, 0.05) is 22.2 Å². The molecule has 0 unspecified atom stereocenters. The fourth-order valence-corrected chi connectivity index (χ4v) is 2.29. The topological polar surface area (TPSA) is 91.3 Å². The largest absolute Gasteiger partial charge is 0.484 e. The summed E-state index contributed by atoms with van der Waals surface area (Å²) in [5.74, 6) is 1.26. The van der Waals surface area contributed by atoms with Crippen LogP contribution >= 0.6 is 15.9 Å². The molecule has 7 nitrogen and oxygen atoms in total. The van der Waals surface area contributed by atoms with Gasteiger partial charge in [-0.05, 0) is 30.7 Å². The van der Waals surface area contributed by atoms with Gasteiger partial charge in [0.2, 0.25) is 5.82 Å². The molecule has 2 aromatic carbocycles. The van der Waals surface area contributed by atoms with Crippen molar-refractivity contribution >= 4 is 21.6 Å². The first-order chi connectivity index (χ1) is 11.5. The predicted molar refractivity (Wildman–Crippen MR) is 89.6 cm³/mol. The minimum Gasteiger partial charge on any atom is -0.484 e. The van der Waals surface area contributed by atoms with Gasteiger partial charge in [-0.15, -0.1) is 0 Å². The SMILES string of the molecule is Cc1cc(OCc2nc(-c3cccc([N+](=O)[O-])c3)no2)ccc1Br. The molecule has 0 atom stereocenters. The monoisotopic (exact) mass is 389 g/mol. The third-order valence-electron chi connectivity index (χ3n) is 3.27. The van der Waals surface area contributed by atoms with Gasteiger partial charge in [0.1, 0.15) is 5.75 Å². The number of nitrogens with zero attached hydrogens (tertiary/aromatic N) is 3. The molecular weight excluding hydrogens is 378 g/mol. The first-order valence-corrected chi connectivity index (χ1v) is 7.78. The van der Waals surface area contributed by atoms with Gasteiger partial charge in [-0.2, -0.15) is 4.98 Å². The molecule has 0 aliphatic carbocycles. The summed E-state index contributed by atoms with van der Waals surface area (Å²) >= 11 is 3.43. The molecule has 3 rings (SSSR count). The van der Waals surface area contributed by atoms with Crippen LogP contribution in [-0.4, -0.2) is 15.1 Å². The number of hydrogen-bond acceptors (Lipinski definition) is 6. The van der Waals surface area contributed by atoms with Crippen molar-refractivity contribution in [2.24, 2.45) is 0 Å². The van der Waals surface area contributed by atoms with Gasteiger partial charge in [-0.1, -0.05) is 33.2 Å². The van der Waals surface area contributed by atoms with E-state index < -0.39 is 4.92 Å². The van der Waals surface area contributed by atoms with Gasteiger partial charge in [0.05, 0.1) is 4.92 Å². The first kappa shape index (κ1) is 16.1. The number of hydrogen-bond donors (Lipinski definition) is 0. The summed E-state index contributed by atoms with van der Waals surface area (Å²) in [7, 11) is 0. The van der Waals surface area contributed by atoms with Crippen LogP contribution < -0.4 is 4.74 Å². The summed E-state index contributed by atoms with van der Waals surface area (Å²) in [6, 6.07) is 11.7. The molecule has 122 valence electrons. The number of aromatic nitrogens is 2. The Labute approximate surface area is 145 Å². The van der Waals surface area contributed by atoms with Crippen LogP contribution in [0.1, 0.15) is 11.5 Å². The number of benzene rings is 2. The van der Waals surface area contributed by atoms with Crippen LogP contribution in [0.3, 0.4) is 0 Å². The highest BCUT2D eigenvalue weighted by atomic mass is 79.9. The highest BCUT2D eigenvalue weighted by Gasteiger charge is 2.13. The van der Waals surface area contributed by atoms with E-state index in [9.17, 15) is 10.1 Å². The Morgan fingerprint density at radius 1 is 1.29 bits per heavy atom. The van der Waals surface area contributed by atoms with E-state index in [0.717, 1.165) is 10.0 Å². The van der Waals surface area contributed by atoms with E-state index in [4.69, 9.17) is 9.26 Å². The Morgan fingerprint density at radius 2 is 2.12 bits per heavy atom. The molecule has 1 heterocycles. The van der Waals surface area contributed by atoms with Crippen molar-refractivity contribution in [3.8, 4) is 17.1 Å². The fraction of sp³-hybridized carbons (Fsp3) is 0.125. The molecule has 0 N–H and O–H groups in total. The number of nitro benzene ring substituents is 1. The predicted octanol–water partition coefficient (Wildman–Crippen LogP) is 4.29. The zero-order valence-corrected chi connectivity index (χ0v) is 14.2. The minimum atomic E-state index is -0.469. The summed E-state index contributed by atoms with van der Waals surface area (Å²) < 4.78 is 11.7. The third kappa shape index (κ3) is 3.60. The second kappa shape index (κ2) is 6.79. The van der Waals surface area contributed by atoms with Gasteiger partial charge in [0.25, 0.3) is 11.6 Å². The average molecular weight is 390 g/mol. The maximum absolute atomic E-state index is 10.8. The van der Waals surface area contributed by atoms with Crippen molar-refractivity contribution in [2.75, 3.05) is 0 Å². The Morgan fingerprint density at radius 3 is 2.88 bits per heavy atom. The van der Waals surface area contributed by atoms with Gasteiger partial charge in [-0.3, -0.25) is 10.1 Å². The lowest BCUT2D eigenvalue weighted by Crippen LogP contribution is -1.96. The molecule has 0 radical (unpaired) electrons. The number of aryl methyl sites for hydroxylation is 1. The molecule has 8 heteroatoms. The number of halogens is 1. The van der Waals surface area contributed by atoms with Crippen molar-refractivity contribution in [1.82, 2.24) is 10.1 Å². The van der Waals surface area contributed by atoms with Crippen molar-refractivity contribution in [3.05, 3.63) is 68.5 Å². The van der Waals surface area contributed by atoms with Gasteiger partial charge < -0.3 is 9.26 Å². The number of nitro groups is 1. The molecular formula is C16H12BrN3O4. The Bertz CT molecular complexity index is 895. The number of rotatable bonds is 5. The lowest BCUT2D eigenvalue weighted by molar-refractivity contribution is -0.384. The number of ether oxygens (including phenoxy) is 1. The molecule has 1 aromatic heterocycles. The molecule has 0 saturated carbocycles. The van der Waals surface area contributed by atoms with Crippen LogP contribution in [0, 0.1) is 17.0 Å². The average Bonchev–Trinajstić information content (AvgIpc) is 3.05. The Balaban J connectivity index is 1.72. The van der Waals surface area contributed by atoms with Crippen LogP contribution in [-0.2, 0) is 6.61 Å². The van der Waals surface area contributed by atoms with E-state index in [0.29, 0.717) is 11.3 Å². The van der Waals surface area contributed by atoms with E-state index in [1.165, 1.54) is 12.1 Å². The normalized spacial score (nSPS) is 10.6. The Hall–Kier alpha value is -2.74. The third-order valence-corrected chi connectivity index (χ3v) is 4.16. The van der Waals surface area contributed by atoms with Crippen LogP contribution in [0.15, 0.2) is 51.5 Å². The summed E-state index contributed by atoms with van der Waals surface area (Å²) in [5.41, 5.74) is 1.54. The van der Waals surface area contributed by atoms with Crippen molar-refractivity contribution in [2.45, 2.75) is 13.5 Å². The first-order valence-electron chi connectivity index (χ1n) is 6.99. The lowest BCUT2D eigenvalue weighted by atomic mass is 10.2. The molecule has 0 fully saturated rings. The van der Waals surface area contributed by atoms with Gasteiger partial charge in [-0.25, -0.2) is 0 Å².